The van der Waals surface area contributed by atoms with Crippen molar-refractivity contribution in [1.29, 1.82) is 0 Å². The summed E-state index contributed by atoms with van der Waals surface area (Å²) in [4.78, 5) is -3.78. The van der Waals surface area contributed by atoms with Crippen molar-refractivity contribution in [1.82, 2.24) is 0 Å². The lowest BCUT2D eigenvalue weighted by Gasteiger charge is -2.10. The molecule has 1 heterocycles. The number of benzene rings is 8. The first kappa shape index (κ1) is 89.7. The maximum Gasteiger partial charge on any atom is 0.397 e. The van der Waals surface area contributed by atoms with Gasteiger partial charge in [0.1, 0.15) is 20.4 Å². The molecule has 24 N–H and O–H groups in total. The van der Waals surface area contributed by atoms with Crippen LogP contribution in [0.15, 0.2) is 207 Å². The van der Waals surface area contributed by atoms with Gasteiger partial charge in [-0.15, -0.1) is 8.67 Å². The molecule has 9 rings (SSSR count). The van der Waals surface area contributed by atoms with Crippen molar-refractivity contribution in [3.63, 3.8) is 0 Å². The highest BCUT2D eigenvalue weighted by molar-refractivity contribution is 7.97. The third-order valence-corrected chi connectivity index (χ3v) is 24.3. The van der Waals surface area contributed by atoms with E-state index in [0.29, 0.717) is 68.6 Å². The molecule has 0 spiro atoms. The van der Waals surface area contributed by atoms with Crippen LogP contribution in [-0.4, -0.2) is 134 Å². The maximum atomic E-state index is 12.0. The monoisotopic (exact) mass is 1670 g/mol. The minimum absolute atomic E-state index is 0. The number of nitrogens with two attached hydrogens (primary N) is 8. The summed E-state index contributed by atoms with van der Waals surface area (Å²) in [6.45, 7) is 1.86. The van der Waals surface area contributed by atoms with Crippen LogP contribution >= 0.6 is 24.1 Å². The number of sulfonamides is 1. The minimum atomic E-state index is -4.81. The first-order chi connectivity index (χ1) is 47.4. The van der Waals surface area contributed by atoms with Crippen molar-refractivity contribution in [2.24, 2.45) is 0 Å². The van der Waals surface area contributed by atoms with Gasteiger partial charge in [-0.3, -0.25) is 27.1 Å². The van der Waals surface area contributed by atoms with Crippen LogP contribution in [0.2, 0.25) is 0 Å². The second-order valence-electron chi connectivity index (χ2n) is 19.5. The third kappa shape index (κ3) is 27.2. The highest BCUT2D eigenvalue weighted by Gasteiger charge is 2.35. The predicted octanol–water partition coefficient (Wildman–Crippen LogP) is 4.67. The van der Waals surface area contributed by atoms with Gasteiger partial charge in [0.05, 0.1) is 89.6 Å². The van der Waals surface area contributed by atoms with E-state index in [0.717, 1.165) is 24.3 Å². The van der Waals surface area contributed by atoms with E-state index in [4.69, 9.17) is 74.6 Å². The molecule has 8 aromatic carbocycles. The maximum absolute atomic E-state index is 12.0. The first-order valence-corrected chi connectivity index (χ1v) is 41.5. The normalized spacial score (nSPS) is 13.3. The summed E-state index contributed by atoms with van der Waals surface area (Å²) < 4.78 is 259. The first-order valence-electron chi connectivity index (χ1n) is 26.6. The van der Waals surface area contributed by atoms with Gasteiger partial charge in [0.15, 0.2) is 19.7 Å². The van der Waals surface area contributed by atoms with E-state index in [1.165, 1.54) is 60.7 Å². The number of phenolic OH excluding ortho intramolecular Hbond substituents is 1. The minimum Gasteiger partial charge on any atom is -0.507 e. The Morgan fingerprint density at radius 2 is 1.02 bits per heavy atom. The number of hydrogen-bond donors (Lipinski definition) is 16. The molecule has 0 fully saturated rings. The van der Waals surface area contributed by atoms with Crippen LogP contribution in [-0.2, 0) is 118 Å². The Labute approximate surface area is 603 Å². The number of sulfone groups is 3. The predicted molar refractivity (Wildman–Crippen MR) is 380 cm³/mol. The number of nitrogen functional groups attached to an aromatic ring is 8. The lowest BCUT2D eigenvalue weighted by atomic mass is 10.1. The fraction of sp³-hybridized carbons (Fsp3) is 0.0943. The molecule has 0 amide bonds. The Bertz CT molecular complexity index is 5470. The van der Waals surface area contributed by atoms with Crippen LogP contribution in [0.1, 0.15) is 7.43 Å². The quantitative estimate of drug-likeness (QED) is 0.0131. The zero-order chi connectivity index (χ0) is 78.1. The van der Waals surface area contributed by atoms with Crippen LogP contribution in [0.3, 0.4) is 0 Å². The van der Waals surface area contributed by atoms with E-state index in [1.54, 1.807) is 42.5 Å². The third-order valence-electron chi connectivity index (χ3n) is 12.1. The number of aromatic hydroxyl groups is 1. The zero-order valence-electron chi connectivity index (χ0n) is 51.5. The van der Waals surface area contributed by atoms with Gasteiger partial charge in [0, 0.05) is 61.6 Å². The molecule has 0 radical (unpaired) electrons. The van der Waals surface area contributed by atoms with Crippen molar-refractivity contribution in [3.8, 4) is 5.75 Å². The Hall–Kier alpha value is -8.47. The average molecular weight is 1670 g/mol. The Morgan fingerprint density at radius 1 is 0.529 bits per heavy atom. The van der Waals surface area contributed by atoms with Gasteiger partial charge in [-0.1, -0.05) is 30.1 Å². The average Bonchev–Trinajstić information content (AvgIpc) is 1.43. The molecule has 0 atom stereocenters. The van der Waals surface area contributed by atoms with Gasteiger partial charge in [-0.2, -0.15) is 42.1 Å². The fourth-order valence-electron chi connectivity index (χ4n) is 7.59. The number of rotatable bonds is 19. The van der Waals surface area contributed by atoms with Gasteiger partial charge in [-0.25, -0.2) is 48.4 Å². The van der Waals surface area contributed by atoms with E-state index in [1.807, 2.05) is 6.07 Å². The molecule has 1 aliphatic rings. The Kier molecular flexibility index (Phi) is 31.9. The van der Waals surface area contributed by atoms with Crippen molar-refractivity contribution in [2.75, 3.05) is 75.3 Å². The summed E-state index contributed by atoms with van der Waals surface area (Å²) in [6, 6.07) is 32.6. The lowest BCUT2D eigenvalue weighted by molar-refractivity contribution is -0.432. The van der Waals surface area contributed by atoms with Crippen molar-refractivity contribution < 1.29 is 137 Å². The van der Waals surface area contributed by atoms with Crippen LogP contribution in [0.5, 0.6) is 5.75 Å². The Balaban J connectivity index is 0.000000328. The molecule has 104 heavy (non-hydrogen) atoms. The van der Waals surface area contributed by atoms with E-state index in [9.17, 15) is 80.9 Å². The topological polar surface area (TPSA) is 724 Å². The van der Waals surface area contributed by atoms with E-state index < -0.39 is 156 Å². The summed E-state index contributed by atoms with van der Waals surface area (Å²) in [7, 11) is -38.2. The second kappa shape index (κ2) is 37.0. The van der Waals surface area contributed by atoms with Gasteiger partial charge in [0.25, 0.3) is 50.5 Å². The molecule has 1 aliphatic heterocycles. The molecule has 40 nitrogen and oxygen atoms in total. The number of anilines is 9. The standard InChI is InChI=1S/C12H13N3O2S.C10H9NO7S2.2C8H9NO8S3.C8H11NO6S2.C6H8N2.CH4/c13-9-1-5-11(6-2-9)15-18(16,17)12-7-3-10(14)4-8-12;11-8-3-6(19-18-17-13)1-5-2-7(20(14,15)16)4-9(12)10(5)8;9-5-3-7-8(4-6(5)19(12,13)14)20(15,16)17-1-2-18(7,10)11;1-2-19(11,12)8-3-5(9)7(20(13,14)15)4-6(8)18-17-16-10;9-7-1-3-8(4-2-7)16(10,11)6-5-15-17(12,13)14;7-5-2-1-3-6(8)4-5;/h1-8,15H,13-14H2;1-4,12-13H,11H2,(H,14,15,16);3-4H,1-2,9H2,(H,12,13,14);2-4,10H,1,9H2,(H,13,14,15);1-4H,5-6,9H2,(H,12,13,14);1-4H,7-8H2;1H4. The number of nitrogens with one attached hydrogen (secondary N) is 1. The highest BCUT2D eigenvalue weighted by Crippen LogP contribution is 2.38. The van der Waals surface area contributed by atoms with Gasteiger partial charge in [-0.05, 0) is 139 Å². The SMILES string of the molecule is C.C=CS(=O)(=O)c1cc(N)c(S(=O)(=O)O)cc1SOOO.Nc1cc(SOOO)cc2cc(S(=O)(=O)O)cc(O)c12.Nc1cc2c(cc1S(=O)(=O)O)S(=O)(=O)OCCS2(=O)=O.Nc1ccc(NS(=O)(=O)c2ccc(N)cc2)cc1.Nc1ccc(S(=O)(=O)CCOS(=O)(=O)O)cc1.Nc1cccc(N)c1. The fourth-order valence-corrected chi connectivity index (χ4v) is 17.2. The molecular formula is C53H63N9O31S11. The van der Waals surface area contributed by atoms with Gasteiger partial charge >= 0.3 is 10.4 Å². The van der Waals surface area contributed by atoms with Crippen LogP contribution < -0.4 is 50.6 Å². The smallest absolute Gasteiger partial charge is 0.397 e. The van der Waals surface area contributed by atoms with Gasteiger partial charge in [0.2, 0.25) is 9.84 Å². The van der Waals surface area contributed by atoms with E-state index in [2.05, 4.69) is 38.4 Å². The molecule has 0 aromatic heterocycles. The summed E-state index contributed by atoms with van der Waals surface area (Å²) in [5.74, 6) is -1.54. The van der Waals surface area contributed by atoms with Crippen molar-refractivity contribution in [3.05, 3.63) is 158 Å². The van der Waals surface area contributed by atoms with E-state index in [-0.39, 0.29) is 56.4 Å². The second-order valence-corrected chi connectivity index (χ2v) is 35.6. The molecule has 0 saturated heterocycles. The molecule has 8 aromatic rings. The molecule has 51 heteroatoms. The lowest BCUT2D eigenvalue weighted by Crippen LogP contribution is -2.15. The molecular weight excluding hydrogens is 1610 g/mol. The van der Waals surface area contributed by atoms with Crippen LogP contribution in [0.25, 0.3) is 10.8 Å². The Morgan fingerprint density at radius 3 is 1.49 bits per heavy atom. The number of fused-ring (bicyclic) bond motifs is 2. The molecule has 0 unspecified atom stereocenters. The zero-order valence-corrected chi connectivity index (χ0v) is 60.5. The summed E-state index contributed by atoms with van der Waals surface area (Å²) >= 11 is 0.821. The molecule has 0 bridgehead atoms. The van der Waals surface area contributed by atoms with E-state index >= 15 is 0 Å². The van der Waals surface area contributed by atoms with Crippen molar-refractivity contribution >= 4 is 176 Å². The van der Waals surface area contributed by atoms with Crippen molar-refractivity contribution in [2.45, 2.75) is 56.4 Å². The summed E-state index contributed by atoms with van der Waals surface area (Å²) in [5.41, 5.74) is 46.2. The highest BCUT2D eigenvalue weighted by atomic mass is 32.3. The van der Waals surface area contributed by atoms with Gasteiger partial charge < -0.3 is 51.0 Å². The van der Waals surface area contributed by atoms with Crippen LogP contribution in [0, 0.1) is 0 Å². The molecule has 572 valence electrons. The largest absolute Gasteiger partial charge is 0.507 e. The molecule has 0 saturated carbocycles. The summed E-state index contributed by atoms with van der Waals surface area (Å²) in [5, 5.41) is 33.8. The number of phenols is 1. The molecule has 0 aliphatic carbocycles. The summed E-state index contributed by atoms with van der Waals surface area (Å²) in [6.07, 6.45) is 0. The number of hydrogen-bond acceptors (Lipinski definition) is 37. The van der Waals surface area contributed by atoms with Crippen LogP contribution in [0.4, 0.5) is 51.2 Å².